The average Bonchev–Trinajstić information content (AvgIpc) is 2.47. The van der Waals surface area contributed by atoms with E-state index in [0.717, 1.165) is 9.13 Å². The third-order valence-electron chi connectivity index (χ3n) is 3.00. The van der Waals surface area contributed by atoms with Crippen LogP contribution in [0.1, 0.15) is 22.8 Å². The molecule has 0 bridgehead atoms. The summed E-state index contributed by atoms with van der Waals surface area (Å²) >= 11 is 2.12. The van der Waals surface area contributed by atoms with Gasteiger partial charge in [-0.1, -0.05) is 18.2 Å². The van der Waals surface area contributed by atoms with Crippen LogP contribution in [0.4, 0.5) is 5.69 Å². The molecule has 1 amide bonds. The quantitative estimate of drug-likeness (QED) is 0.618. The number of benzene rings is 2. The molecule has 0 heterocycles. The first-order chi connectivity index (χ1) is 10.5. The molecule has 0 aliphatic rings. The highest BCUT2D eigenvalue weighted by Crippen LogP contribution is 2.12. The van der Waals surface area contributed by atoms with Crippen molar-refractivity contribution >= 4 is 40.2 Å². The van der Waals surface area contributed by atoms with Gasteiger partial charge in [0.25, 0.3) is 5.91 Å². The molecular weight excluding hydrogens is 393 g/mol. The molecule has 1 atom stereocenters. The van der Waals surface area contributed by atoms with Crippen LogP contribution >= 0.6 is 22.6 Å². The Kier molecular flexibility index (Phi) is 5.54. The van der Waals surface area contributed by atoms with Crippen LogP contribution in [-0.4, -0.2) is 18.0 Å². The monoisotopic (exact) mass is 409 g/mol. The zero-order valence-corrected chi connectivity index (χ0v) is 14.5. The van der Waals surface area contributed by atoms with Gasteiger partial charge in [0.2, 0.25) is 0 Å². The summed E-state index contributed by atoms with van der Waals surface area (Å²) in [5.41, 5.74) is 2.16. The van der Waals surface area contributed by atoms with Gasteiger partial charge in [0, 0.05) is 9.26 Å². The minimum absolute atomic E-state index is 0.357. The van der Waals surface area contributed by atoms with E-state index in [1.807, 2.05) is 31.2 Å². The van der Waals surface area contributed by atoms with Crippen LogP contribution in [0.2, 0.25) is 0 Å². The summed E-state index contributed by atoms with van der Waals surface area (Å²) in [4.78, 5) is 24.1. The van der Waals surface area contributed by atoms with E-state index in [2.05, 4.69) is 27.9 Å². The van der Waals surface area contributed by atoms with E-state index in [-0.39, 0.29) is 5.91 Å². The summed E-state index contributed by atoms with van der Waals surface area (Å²) in [6, 6.07) is 14.5. The fourth-order valence-corrected chi connectivity index (χ4v) is 2.41. The first-order valence-electron chi connectivity index (χ1n) is 6.80. The van der Waals surface area contributed by atoms with Crippen LogP contribution < -0.4 is 5.32 Å². The summed E-state index contributed by atoms with van der Waals surface area (Å²) < 4.78 is 6.14. The normalized spacial score (nSPS) is 11.6. The lowest BCUT2D eigenvalue weighted by Gasteiger charge is -2.14. The number of halogens is 1. The molecule has 0 saturated heterocycles. The molecule has 0 spiro atoms. The van der Waals surface area contributed by atoms with Crippen LogP contribution in [0.25, 0.3) is 0 Å². The van der Waals surface area contributed by atoms with Crippen molar-refractivity contribution in [3.8, 4) is 0 Å². The van der Waals surface area contributed by atoms with Crippen molar-refractivity contribution in [2.24, 2.45) is 0 Å². The number of rotatable bonds is 4. The van der Waals surface area contributed by atoms with Gasteiger partial charge in [-0.05, 0) is 72.3 Å². The van der Waals surface area contributed by atoms with Gasteiger partial charge in [0.1, 0.15) is 0 Å². The Balaban J connectivity index is 1.98. The summed E-state index contributed by atoms with van der Waals surface area (Å²) in [6.45, 7) is 3.49. The van der Waals surface area contributed by atoms with Crippen molar-refractivity contribution in [2.75, 3.05) is 5.32 Å². The van der Waals surface area contributed by atoms with Crippen LogP contribution in [0.3, 0.4) is 0 Å². The highest BCUT2D eigenvalue weighted by atomic mass is 127. The van der Waals surface area contributed by atoms with Crippen LogP contribution in [0.5, 0.6) is 0 Å². The second-order valence-corrected chi connectivity index (χ2v) is 6.16. The Morgan fingerprint density at radius 1 is 1.14 bits per heavy atom. The van der Waals surface area contributed by atoms with E-state index in [1.54, 1.807) is 31.2 Å². The molecule has 2 rings (SSSR count). The fourth-order valence-electron chi connectivity index (χ4n) is 1.86. The molecule has 0 fully saturated rings. The molecule has 0 aliphatic carbocycles. The van der Waals surface area contributed by atoms with Gasteiger partial charge >= 0.3 is 5.97 Å². The maximum Gasteiger partial charge on any atom is 0.338 e. The van der Waals surface area contributed by atoms with Crippen LogP contribution in [-0.2, 0) is 9.53 Å². The van der Waals surface area contributed by atoms with Crippen molar-refractivity contribution in [3.63, 3.8) is 0 Å². The Morgan fingerprint density at radius 2 is 1.86 bits per heavy atom. The van der Waals surface area contributed by atoms with Crippen molar-refractivity contribution in [1.29, 1.82) is 0 Å². The summed E-state index contributed by atoms with van der Waals surface area (Å²) in [5, 5.41) is 2.73. The first kappa shape index (κ1) is 16.5. The molecule has 0 aromatic heterocycles. The molecule has 0 aliphatic heterocycles. The van der Waals surface area contributed by atoms with E-state index >= 15 is 0 Å². The Labute approximate surface area is 143 Å². The van der Waals surface area contributed by atoms with Gasteiger partial charge < -0.3 is 10.1 Å². The molecule has 114 valence electrons. The molecular formula is C17H16INO3. The zero-order valence-electron chi connectivity index (χ0n) is 12.3. The van der Waals surface area contributed by atoms with Crippen LogP contribution in [0.15, 0.2) is 48.5 Å². The van der Waals surface area contributed by atoms with Crippen molar-refractivity contribution < 1.29 is 14.3 Å². The van der Waals surface area contributed by atoms with Gasteiger partial charge in [0.15, 0.2) is 6.10 Å². The van der Waals surface area contributed by atoms with Crippen molar-refractivity contribution in [3.05, 3.63) is 63.2 Å². The molecule has 0 saturated carbocycles. The summed E-state index contributed by atoms with van der Waals surface area (Å²) in [7, 11) is 0. The van der Waals surface area contributed by atoms with Gasteiger partial charge in [-0.2, -0.15) is 0 Å². The second kappa shape index (κ2) is 7.40. The predicted molar refractivity (Wildman–Crippen MR) is 93.8 cm³/mol. The van der Waals surface area contributed by atoms with E-state index in [0.29, 0.717) is 11.3 Å². The first-order valence-corrected chi connectivity index (χ1v) is 7.87. The van der Waals surface area contributed by atoms with Crippen molar-refractivity contribution in [2.45, 2.75) is 20.0 Å². The van der Waals surface area contributed by atoms with Gasteiger partial charge in [0.05, 0.1) is 5.56 Å². The third kappa shape index (κ3) is 4.56. The third-order valence-corrected chi connectivity index (χ3v) is 3.67. The van der Waals surface area contributed by atoms with E-state index in [1.165, 1.54) is 0 Å². The molecule has 22 heavy (non-hydrogen) atoms. The number of carbonyl (C=O) groups is 2. The lowest BCUT2D eigenvalue weighted by molar-refractivity contribution is -0.123. The number of hydrogen-bond donors (Lipinski definition) is 1. The van der Waals surface area contributed by atoms with E-state index in [9.17, 15) is 9.59 Å². The maximum atomic E-state index is 12.1. The molecule has 4 nitrogen and oxygen atoms in total. The SMILES string of the molecule is Cc1cccc(NC(=O)[C@H](C)OC(=O)c2cccc(I)c2)c1. The molecule has 5 heteroatoms. The van der Waals surface area contributed by atoms with E-state index in [4.69, 9.17) is 4.74 Å². The minimum atomic E-state index is -0.870. The lowest BCUT2D eigenvalue weighted by atomic mass is 10.2. The number of ether oxygens (including phenoxy) is 1. The average molecular weight is 409 g/mol. The number of anilines is 1. The largest absolute Gasteiger partial charge is 0.449 e. The molecule has 1 N–H and O–H groups in total. The lowest BCUT2D eigenvalue weighted by Crippen LogP contribution is -2.30. The topological polar surface area (TPSA) is 55.4 Å². The van der Waals surface area contributed by atoms with Gasteiger partial charge in [-0.25, -0.2) is 4.79 Å². The smallest absolute Gasteiger partial charge is 0.338 e. The van der Waals surface area contributed by atoms with E-state index < -0.39 is 12.1 Å². The zero-order chi connectivity index (χ0) is 16.1. The Hall–Kier alpha value is -1.89. The van der Waals surface area contributed by atoms with Gasteiger partial charge in [-0.15, -0.1) is 0 Å². The number of amides is 1. The maximum absolute atomic E-state index is 12.1. The minimum Gasteiger partial charge on any atom is -0.449 e. The van der Waals surface area contributed by atoms with Crippen molar-refractivity contribution in [1.82, 2.24) is 0 Å². The fraction of sp³-hybridized carbons (Fsp3) is 0.176. The molecule has 0 radical (unpaired) electrons. The highest BCUT2D eigenvalue weighted by Gasteiger charge is 2.19. The number of hydrogen-bond acceptors (Lipinski definition) is 3. The Morgan fingerprint density at radius 3 is 2.55 bits per heavy atom. The molecule has 2 aromatic rings. The molecule has 2 aromatic carbocycles. The predicted octanol–water partition coefficient (Wildman–Crippen LogP) is 3.78. The Bertz CT molecular complexity index is 700. The molecule has 0 unspecified atom stereocenters. The summed E-state index contributed by atoms with van der Waals surface area (Å²) in [5.74, 6) is -0.866. The van der Waals surface area contributed by atoms with Gasteiger partial charge in [-0.3, -0.25) is 4.79 Å². The number of esters is 1. The van der Waals surface area contributed by atoms with Crippen LogP contribution in [0, 0.1) is 10.5 Å². The highest BCUT2D eigenvalue weighted by molar-refractivity contribution is 14.1. The number of nitrogens with one attached hydrogen (secondary N) is 1. The second-order valence-electron chi connectivity index (χ2n) is 4.92. The summed E-state index contributed by atoms with van der Waals surface area (Å²) in [6.07, 6.45) is -0.870. The standard InChI is InChI=1S/C17H16INO3/c1-11-5-3-8-15(9-11)19-16(20)12(2)22-17(21)13-6-4-7-14(18)10-13/h3-10,12H,1-2H3,(H,19,20)/t12-/m0/s1. The number of aryl methyl sites for hydroxylation is 1. The number of carbonyl (C=O) groups excluding carboxylic acids is 2.